The number of allylic oxidation sites excluding steroid dienone is 1. The minimum atomic E-state index is 1.13. The van der Waals surface area contributed by atoms with E-state index in [0.29, 0.717) is 0 Å². The lowest BCUT2D eigenvalue weighted by atomic mass is 10.0. The molecular weight excluding hydrogens is 144 g/mol. The Morgan fingerprint density at radius 3 is 2.83 bits per heavy atom. The fourth-order valence-electron chi connectivity index (χ4n) is 1.76. The van der Waals surface area contributed by atoms with Gasteiger partial charge in [-0.3, -0.25) is 0 Å². The Labute approximate surface area is 73.9 Å². The molecule has 0 spiro atoms. The maximum Gasteiger partial charge on any atom is 0.0161 e. The molecule has 0 fully saturated rings. The van der Waals surface area contributed by atoms with Crippen LogP contribution in [0.1, 0.15) is 30.5 Å². The van der Waals surface area contributed by atoms with Crippen molar-refractivity contribution in [2.75, 3.05) is 0 Å². The van der Waals surface area contributed by atoms with E-state index in [1.54, 1.807) is 0 Å². The summed E-state index contributed by atoms with van der Waals surface area (Å²) in [5, 5.41) is 0. The van der Waals surface area contributed by atoms with Gasteiger partial charge in [-0.25, -0.2) is 0 Å². The molecule has 1 aliphatic rings. The summed E-state index contributed by atoms with van der Waals surface area (Å²) >= 11 is 0. The van der Waals surface area contributed by atoms with Gasteiger partial charge in [0, 0.05) is 6.42 Å². The second-order valence-corrected chi connectivity index (χ2v) is 3.31. The van der Waals surface area contributed by atoms with Crippen molar-refractivity contribution in [3.8, 4) is 0 Å². The van der Waals surface area contributed by atoms with Crippen LogP contribution in [-0.2, 0) is 6.42 Å². The Kier molecular flexibility index (Phi) is 1.76. The van der Waals surface area contributed by atoms with E-state index in [-0.39, 0.29) is 0 Å². The average Bonchev–Trinajstić information content (AvgIpc) is 2.44. The van der Waals surface area contributed by atoms with E-state index in [0.717, 1.165) is 6.42 Å². The van der Waals surface area contributed by atoms with E-state index >= 15 is 0 Å². The molecule has 0 heterocycles. The summed E-state index contributed by atoms with van der Waals surface area (Å²) in [4.78, 5) is 0. The predicted octanol–water partition coefficient (Wildman–Crippen LogP) is 3.22. The first-order chi connectivity index (χ1) is 5.81. The van der Waals surface area contributed by atoms with Gasteiger partial charge >= 0.3 is 0 Å². The summed E-state index contributed by atoms with van der Waals surface area (Å²) in [5.41, 5.74) is 5.64. The van der Waals surface area contributed by atoms with E-state index in [4.69, 9.17) is 0 Å². The zero-order valence-electron chi connectivity index (χ0n) is 7.59. The SMILES string of the molecule is CCc1cccc2c1C=C(C)[CH]2. The number of hydrogen-bond acceptors (Lipinski definition) is 0. The molecule has 0 atom stereocenters. The number of rotatable bonds is 1. The number of hydrogen-bond donors (Lipinski definition) is 0. The lowest BCUT2D eigenvalue weighted by molar-refractivity contribution is 1.13. The summed E-state index contributed by atoms with van der Waals surface area (Å²) in [6.45, 7) is 4.36. The molecule has 1 aromatic carbocycles. The van der Waals surface area contributed by atoms with Gasteiger partial charge in [-0.2, -0.15) is 0 Å². The highest BCUT2D eigenvalue weighted by Gasteiger charge is 2.11. The summed E-state index contributed by atoms with van der Waals surface area (Å²) in [6, 6.07) is 6.53. The molecule has 0 saturated carbocycles. The molecule has 0 aliphatic heterocycles. The smallest absolute Gasteiger partial charge is 0.0161 e. The molecule has 0 amide bonds. The molecule has 1 aliphatic carbocycles. The van der Waals surface area contributed by atoms with Crippen molar-refractivity contribution >= 4 is 6.08 Å². The molecule has 61 valence electrons. The van der Waals surface area contributed by atoms with Crippen LogP contribution < -0.4 is 0 Å². The van der Waals surface area contributed by atoms with E-state index < -0.39 is 0 Å². The molecule has 0 nitrogen and oxygen atoms in total. The van der Waals surface area contributed by atoms with E-state index in [2.05, 4.69) is 44.5 Å². The monoisotopic (exact) mass is 157 g/mol. The normalized spacial score (nSPS) is 14.3. The minimum Gasteiger partial charge on any atom is -0.0643 e. The van der Waals surface area contributed by atoms with Crippen molar-refractivity contribution in [3.05, 3.63) is 46.9 Å². The van der Waals surface area contributed by atoms with Crippen LogP contribution in [0.5, 0.6) is 0 Å². The topological polar surface area (TPSA) is 0 Å². The van der Waals surface area contributed by atoms with Crippen molar-refractivity contribution in [1.82, 2.24) is 0 Å². The Bertz CT molecular complexity index is 332. The second kappa shape index (κ2) is 2.78. The lowest BCUT2D eigenvalue weighted by Gasteiger charge is -2.03. The summed E-state index contributed by atoms with van der Waals surface area (Å²) in [6.07, 6.45) is 5.64. The van der Waals surface area contributed by atoms with Crippen LogP contribution in [0.2, 0.25) is 0 Å². The average molecular weight is 157 g/mol. The first kappa shape index (κ1) is 7.60. The Hall–Kier alpha value is -1.04. The first-order valence-electron chi connectivity index (χ1n) is 4.46. The van der Waals surface area contributed by atoms with E-state index in [1.807, 2.05) is 0 Å². The maximum absolute atomic E-state index is 2.27. The lowest BCUT2D eigenvalue weighted by Crippen LogP contribution is -1.87. The zero-order chi connectivity index (χ0) is 8.55. The number of fused-ring (bicyclic) bond motifs is 1. The third kappa shape index (κ3) is 1.08. The Morgan fingerprint density at radius 1 is 1.25 bits per heavy atom. The molecule has 2 rings (SSSR count). The number of aryl methyl sites for hydroxylation is 1. The highest BCUT2D eigenvalue weighted by molar-refractivity contribution is 5.71. The van der Waals surface area contributed by atoms with Gasteiger partial charge in [-0.15, -0.1) is 0 Å². The van der Waals surface area contributed by atoms with Gasteiger partial charge in [0.05, 0.1) is 0 Å². The highest BCUT2D eigenvalue weighted by Crippen LogP contribution is 2.29. The maximum atomic E-state index is 2.27. The van der Waals surface area contributed by atoms with Gasteiger partial charge in [0.2, 0.25) is 0 Å². The van der Waals surface area contributed by atoms with Crippen LogP contribution in [-0.4, -0.2) is 0 Å². The van der Waals surface area contributed by atoms with Gasteiger partial charge in [0.15, 0.2) is 0 Å². The molecule has 0 saturated heterocycles. The van der Waals surface area contributed by atoms with Crippen LogP contribution in [0, 0.1) is 6.42 Å². The minimum absolute atomic E-state index is 1.13. The van der Waals surface area contributed by atoms with Crippen LogP contribution in [0.4, 0.5) is 0 Å². The van der Waals surface area contributed by atoms with Crippen LogP contribution in [0.3, 0.4) is 0 Å². The Balaban J connectivity index is 2.55. The van der Waals surface area contributed by atoms with Crippen molar-refractivity contribution < 1.29 is 0 Å². The van der Waals surface area contributed by atoms with Crippen molar-refractivity contribution in [3.63, 3.8) is 0 Å². The second-order valence-electron chi connectivity index (χ2n) is 3.31. The van der Waals surface area contributed by atoms with Gasteiger partial charge in [-0.1, -0.05) is 36.8 Å². The summed E-state index contributed by atoms with van der Waals surface area (Å²) < 4.78 is 0. The van der Waals surface area contributed by atoms with E-state index in [9.17, 15) is 0 Å². The van der Waals surface area contributed by atoms with Crippen LogP contribution >= 0.6 is 0 Å². The molecule has 0 bridgehead atoms. The quantitative estimate of drug-likeness (QED) is 0.587. The molecule has 0 N–H and O–H groups in total. The number of benzene rings is 1. The largest absolute Gasteiger partial charge is 0.0643 e. The molecule has 1 radical (unpaired) electrons. The fourth-order valence-corrected chi connectivity index (χ4v) is 1.76. The predicted molar refractivity (Wildman–Crippen MR) is 52.9 cm³/mol. The Morgan fingerprint density at radius 2 is 2.08 bits per heavy atom. The van der Waals surface area contributed by atoms with Crippen molar-refractivity contribution in [1.29, 1.82) is 0 Å². The standard InChI is InChI=1S/C12H13/c1-3-10-5-4-6-11-7-9(2)8-12(10)11/h4-8H,3H2,1-2H3. The van der Waals surface area contributed by atoms with Gasteiger partial charge < -0.3 is 0 Å². The fraction of sp³-hybridized carbons (Fsp3) is 0.250. The first-order valence-corrected chi connectivity index (χ1v) is 4.46. The molecule has 0 aromatic heterocycles. The van der Waals surface area contributed by atoms with E-state index in [1.165, 1.54) is 22.3 Å². The van der Waals surface area contributed by atoms with Gasteiger partial charge in [0.1, 0.15) is 0 Å². The third-order valence-corrected chi connectivity index (χ3v) is 2.37. The molecule has 12 heavy (non-hydrogen) atoms. The third-order valence-electron chi connectivity index (χ3n) is 2.37. The van der Waals surface area contributed by atoms with Gasteiger partial charge in [-0.05, 0) is 30.0 Å². The zero-order valence-corrected chi connectivity index (χ0v) is 7.59. The van der Waals surface area contributed by atoms with Gasteiger partial charge in [0.25, 0.3) is 0 Å². The van der Waals surface area contributed by atoms with Crippen LogP contribution in [0.25, 0.3) is 6.08 Å². The van der Waals surface area contributed by atoms with Crippen molar-refractivity contribution in [2.45, 2.75) is 20.3 Å². The molecule has 1 aromatic rings. The highest BCUT2D eigenvalue weighted by atomic mass is 14.2. The summed E-state index contributed by atoms with van der Waals surface area (Å²) in [7, 11) is 0. The molecule has 0 unspecified atom stereocenters. The summed E-state index contributed by atoms with van der Waals surface area (Å²) in [5.74, 6) is 0. The van der Waals surface area contributed by atoms with Crippen molar-refractivity contribution in [2.24, 2.45) is 0 Å². The molecular formula is C12H13. The molecule has 0 heteroatoms. The van der Waals surface area contributed by atoms with Crippen LogP contribution in [0.15, 0.2) is 23.8 Å².